The SMILES string of the molecule is C=S(C)(=O)c1ccc(CCC2=CCCC=C2)cc1. The van der Waals surface area contributed by atoms with Crippen molar-refractivity contribution in [3.05, 3.63) is 53.6 Å². The lowest BCUT2D eigenvalue weighted by atomic mass is 10.00. The maximum absolute atomic E-state index is 11.8. The van der Waals surface area contributed by atoms with Crippen molar-refractivity contribution in [3.63, 3.8) is 0 Å². The third kappa shape index (κ3) is 3.61. The summed E-state index contributed by atoms with van der Waals surface area (Å²) in [7, 11) is -2.08. The second-order valence-electron chi connectivity index (χ2n) is 4.91. The lowest BCUT2D eigenvalue weighted by Crippen LogP contribution is -1.97. The van der Waals surface area contributed by atoms with E-state index in [4.69, 9.17) is 0 Å². The molecule has 0 aliphatic heterocycles. The zero-order chi connectivity index (χ0) is 13.0. The Bertz CT molecular complexity index is 560. The highest BCUT2D eigenvalue weighted by Crippen LogP contribution is 2.17. The van der Waals surface area contributed by atoms with Crippen molar-refractivity contribution in [2.75, 3.05) is 6.26 Å². The van der Waals surface area contributed by atoms with Gasteiger partial charge in [-0.25, -0.2) is 0 Å². The molecular formula is C16H20OS. The van der Waals surface area contributed by atoms with Crippen LogP contribution in [0.25, 0.3) is 0 Å². The van der Waals surface area contributed by atoms with Gasteiger partial charge in [0, 0.05) is 11.2 Å². The van der Waals surface area contributed by atoms with E-state index in [1.165, 1.54) is 24.0 Å². The van der Waals surface area contributed by atoms with E-state index >= 15 is 0 Å². The Morgan fingerprint density at radius 2 is 1.89 bits per heavy atom. The molecule has 0 N–H and O–H groups in total. The Morgan fingerprint density at radius 1 is 1.17 bits per heavy atom. The van der Waals surface area contributed by atoms with E-state index < -0.39 is 9.52 Å². The molecule has 1 aliphatic rings. The van der Waals surface area contributed by atoms with Crippen molar-refractivity contribution in [2.24, 2.45) is 0 Å². The molecule has 1 nitrogen and oxygen atoms in total. The van der Waals surface area contributed by atoms with Gasteiger partial charge in [0.2, 0.25) is 0 Å². The summed E-state index contributed by atoms with van der Waals surface area (Å²) in [6.07, 6.45) is 12.9. The van der Waals surface area contributed by atoms with Gasteiger partial charge in [-0.05, 0) is 58.8 Å². The zero-order valence-corrected chi connectivity index (χ0v) is 11.7. The summed E-state index contributed by atoms with van der Waals surface area (Å²) in [4.78, 5) is 0.836. The fourth-order valence-corrected chi connectivity index (χ4v) is 2.80. The van der Waals surface area contributed by atoms with Gasteiger partial charge >= 0.3 is 0 Å². The first-order valence-corrected chi connectivity index (χ1v) is 8.46. The molecule has 0 fully saturated rings. The molecule has 2 heteroatoms. The van der Waals surface area contributed by atoms with Crippen LogP contribution < -0.4 is 0 Å². The zero-order valence-electron chi connectivity index (χ0n) is 10.9. The first-order valence-electron chi connectivity index (χ1n) is 6.32. The van der Waals surface area contributed by atoms with Crippen molar-refractivity contribution >= 4 is 15.4 Å². The molecule has 0 radical (unpaired) electrons. The van der Waals surface area contributed by atoms with E-state index in [0.717, 1.165) is 17.7 Å². The molecule has 1 unspecified atom stereocenters. The summed E-state index contributed by atoms with van der Waals surface area (Å²) in [6, 6.07) is 8.01. The normalized spacial score (nSPS) is 18.2. The average molecular weight is 260 g/mol. The topological polar surface area (TPSA) is 17.1 Å². The highest BCUT2D eigenvalue weighted by molar-refractivity contribution is 7.99. The van der Waals surface area contributed by atoms with Gasteiger partial charge in [-0.3, -0.25) is 4.21 Å². The second-order valence-corrected chi connectivity index (χ2v) is 7.39. The Labute approximate surface area is 110 Å². The first-order chi connectivity index (χ1) is 8.55. The largest absolute Gasteiger partial charge is 0.263 e. The molecule has 1 aromatic carbocycles. The Kier molecular flexibility index (Phi) is 4.07. The first kappa shape index (κ1) is 13.2. The maximum Gasteiger partial charge on any atom is 0.0302 e. The van der Waals surface area contributed by atoms with Crippen LogP contribution in [-0.4, -0.2) is 16.3 Å². The molecule has 0 saturated carbocycles. The van der Waals surface area contributed by atoms with Gasteiger partial charge in [0.25, 0.3) is 0 Å². The van der Waals surface area contributed by atoms with E-state index in [1.54, 1.807) is 6.26 Å². The molecular weight excluding hydrogens is 240 g/mol. The summed E-state index contributed by atoms with van der Waals surface area (Å²) in [5.74, 6) is 3.70. The molecule has 0 heterocycles. The third-order valence-electron chi connectivity index (χ3n) is 3.20. The molecule has 0 saturated heterocycles. The van der Waals surface area contributed by atoms with E-state index in [2.05, 4.69) is 36.2 Å². The minimum absolute atomic E-state index is 0.836. The molecule has 96 valence electrons. The predicted molar refractivity (Wildman–Crippen MR) is 80.7 cm³/mol. The number of rotatable bonds is 4. The van der Waals surface area contributed by atoms with Gasteiger partial charge in [0.05, 0.1) is 0 Å². The van der Waals surface area contributed by atoms with Crippen LogP contribution in [0.5, 0.6) is 0 Å². The van der Waals surface area contributed by atoms with Gasteiger partial charge in [-0.1, -0.05) is 35.9 Å². The molecule has 18 heavy (non-hydrogen) atoms. The maximum atomic E-state index is 11.8. The van der Waals surface area contributed by atoms with Crippen LogP contribution in [0.1, 0.15) is 24.8 Å². The molecule has 2 rings (SSSR count). The van der Waals surface area contributed by atoms with Crippen LogP contribution in [-0.2, 0) is 15.9 Å². The van der Waals surface area contributed by atoms with Crippen molar-refractivity contribution in [1.29, 1.82) is 0 Å². The van der Waals surface area contributed by atoms with Crippen LogP contribution in [0.15, 0.2) is 53.0 Å². The van der Waals surface area contributed by atoms with Gasteiger partial charge in [-0.2, -0.15) is 0 Å². The predicted octanol–water partition coefficient (Wildman–Crippen LogP) is 3.60. The standard InChI is InChI=1S/C16H20OS/c1-18(2,17)16-12-10-15(11-13-16)9-8-14-6-4-3-5-7-14/h4,6-7,10-13H,1,3,5,8-9H2,2H3. The van der Waals surface area contributed by atoms with Gasteiger partial charge < -0.3 is 0 Å². The van der Waals surface area contributed by atoms with E-state index in [0.29, 0.717) is 0 Å². The van der Waals surface area contributed by atoms with E-state index in [1.807, 2.05) is 12.1 Å². The Hall–Kier alpha value is -1.28. The van der Waals surface area contributed by atoms with Crippen LogP contribution in [0, 0.1) is 0 Å². The molecule has 0 bridgehead atoms. The van der Waals surface area contributed by atoms with Gasteiger partial charge in [-0.15, -0.1) is 0 Å². The average Bonchev–Trinajstić information content (AvgIpc) is 2.37. The number of benzene rings is 1. The molecule has 1 aliphatic carbocycles. The van der Waals surface area contributed by atoms with Gasteiger partial charge in [0.15, 0.2) is 0 Å². The molecule has 1 aromatic rings. The fraction of sp³-hybridized carbons (Fsp3) is 0.312. The van der Waals surface area contributed by atoms with E-state index in [9.17, 15) is 4.21 Å². The summed E-state index contributed by atoms with van der Waals surface area (Å²) in [5.41, 5.74) is 2.73. The molecule has 0 spiro atoms. The van der Waals surface area contributed by atoms with Crippen LogP contribution in [0.2, 0.25) is 0 Å². The summed E-state index contributed by atoms with van der Waals surface area (Å²) in [6.45, 7) is 0. The van der Waals surface area contributed by atoms with Crippen molar-refractivity contribution in [1.82, 2.24) is 0 Å². The lowest BCUT2D eigenvalue weighted by Gasteiger charge is -2.08. The monoisotopic (exact) mass is 260 g/mol. The number of hydrogen-bond acceptors (Lipinski definition) is 1. The molecule has 1 atom stereocenters. The molecule has 0 aromatic heterocycles. The summed E-state index contributed by atoms with van der Waals surface area (Å²) in [5, 5.41) is 0. The van der Waals surface area contributed by atoms with Crippen molar-refractivity contribution < 1.29 is 4.21 Å². The van der Waals surface area contributed by atoms with Crippen molar-refractivity contribution in [3.8, 4) is 0 Å². The van der Waals surface area contributed by atoms with Crippen LogP contribution in [0.3, 0.4) is 0 Å². The van der Waals surface area contributed by atoms with Gasteiger partial charge in [0.1, 0.15) is 0 Å². The summed E-state index contributed by atoms with van der Waals surface area (Å²) < 4.78 is 11.8. The highest BCUT2D eigenvalue weighted by Gasteiger charge is 2.02. The third-order valence-corrected chi connectivity index (χ3v) is 4.47. The minimum Gasteiger partial charge on any atom is -0.263 e. The lowest BCUT2D eigenvalue weighted by molar-refractivity contribution is 0.685. The highest BCUT2D eigenvalue weighted by atomic mass is 32.2. The summed E-state index contributed by atoms with van der Waals surface area (Å²) >= 11 is 0. The minimum atomic E-state index is -2.08. The number of allylic oxidation sites excluding steroid dienone is 4. The Morgan fingerprint density at radius 3 is 2.44 bits per heavy atom. The second kappa shape index (κ2) is 5.57. The van der Waals surface area contributed by atoms with E-state index in [-0.39, 0.29) is 0 Å². The number of hydrogen-bond donors (Lipinski definition) is 0. The fourth-order valence-electron chi connectivity index (χ4n) is 2.09. The Balaban J connectivity index is 1.99. The smallest absolute Gasteiger partial charge is 0.0302 e. The quantitative estimate of drug-likeness (QED) is 0.756. The van der Waals surface area contributed by atoms with Crippen molar-refractivity contribution in [2.45, 2.75) is 30.6 Å². The van der Waals surface area contributed by atoms with Crippen LogP contribution in [0.4, 0.5) is 0 Å². The van der Waals surface area contributed by atoms with Crippen LogP contribution >= 0.6 is 0 Å². The number of aryl methyl sites for hydroxylation is 1. The molecule has 0 amide bonds.